The van der Waals surface area contributed by atoms with Gasteiger partial charge in [-0.25, -0.2) is 0 Å². The van der Waals surface area contributed by atoms with Gasteiger partial charge in [0.15, 0.2) is 0 Å². The minimum atomic E-state index is 0.615. The molecule has 1 atom stereocenters. The summed E-state index contributed by atoms with van der Waals surface area (Å²) in [4.78, 5) is 2.48. The summed E-state index contributed by atoms with van der Waals surface area (Å²) in [7, 11) is 1.71. The summed E-state index contributed by atoms with van der Waals surface area (Å²) in [6.45, 7) is 6.39. The molecule has 1 aliphatic heterocycles. The summed E-state index contributed by atoms with van der Waals surface area (Å²) < 4.78 is 5.42. The summed E-state index contributed by atoms with van der Waals surface area (Å²) in [5, 5.41) is 4.35. The van der Waals surface area contributed by atoms with E-state index in [-0.39, 0.29) is 0 Å². The summed E-state index contributed by atoms with van der Waals surface area (Å²) in [5.74, 6) is 0.926. The van der Waals surface area contributed by atoms with E-state index in [2.05, 4.69) is 17.1 Å². The van der Waals surface area contributed by atoms with Gasteiger partial charge in [0.1, 0.15) is 5.75 Å². The van der Waals surface area contributed by atoms with Crippen molar-refractivity contribution in [1.82, 2.24) is 10.2 Å². The number of methoxy groups -OCH3 is 1. The Morgan fingerprint density at radius 2 is 2.32 bits per heavy atom. The van der Waals surface area contributed by atoms with Gasteiger partial charge in [-0.05, 0) is 24.6 Å². The molecule has 1 aromatic rings. The van der Waals surface area contributed by atoms with Gasteiger partial charge in [0, 0.05) is 42.8 Å². The molecule has 0 aliphatic carbocycles. The van der Waals surface area contributed by atoms with Gasteiger partial charge in [-0.1, -0.05) is 24.9 Å². The number of halogens is 1. The third-order valence-electron chi connectivity index (χ3n) is 3.61. The minimum absolute atomic E-state index is 0.615. The molecule has 1 aromatic carbocycles. The van der Waals surface area contributed by atoms with Gasteiger partial charge in [-0.3, -0.25) is 4.90 Å². The lowest BCUT2D eigenvalue weighted by Crippen LogP contribution is -2.50. The van der Waals surface area contributed by atoms with E-state index in [1.54, 1.807) is 7.11 Å². The molecular formula is C15H23ClN2O. The molecule has 1 unspecified atom stereocenters. The maximum absolute atomic E-state index is 6.08. The molecule has 0 aromatic heterocycles. The highest BCUT2D eigenvalue weighted by Crippen LogP contribution is 2.24. The zero-order chi connectivity index (χ0) is 13.7. The molecule has 4 heteroatoms. The minimum Gasteiger partial charge on any atom is -0.496 e. The smallest absolute Gasteiger partial charge is 0.123 e. The largest absolute Gasteiger partial charge is 0.496 e. The Hall–Kier alpha value is -0.770. The fourth-order valence-corrected chi connectivity index (χ4v) is 2.89. The standard InChI is InChI=1S/C15H23ClN2O/c1-3-4-14-11-18(8-7-17-14)10-12-9-13(16)5-6-15(12)19-2/h5-6,9,14,17H,3-4,7-8,10-11H2,1-2H3. The molecule has 1 fully saturated rings. The average molecular weight is 283 g/mol. The zero-order valence-corrected chi connectivity index (χ0v) is 12.5. The SMILES string of the molecule is CCCC1CN(Cc2cc(Cl)ccc2OC)CCN1. The van der Waals surface area contributed by atoms with Crippen LogP contribution in [0.15, 0.2) is 18.2 Å². The van der Waals surface area contributed by atoms with Crippen LogP contribution in [-0.2, 0) is 6.54 Å². The molecule has 106 valence electrons. The van der Waals surface area contributed by atoms with Gasteiger partial charge < -0.3 is 10.1 Å². The van der Waals surface area contributed by atoms with Crippen molar-refractivity contribution in [2.24, 2.45) is 0 Å². The summed E-state index contributed by atoms with van der Waals surface area (Å²) in [6.07, 6.45) is 2.47. The van der Waals surface area contributed by atoms with E-state index < -0.39 is 0 Å². The lowest BCUT2D eigenvalue weighted by Gasteiger charge is -2.34. The van der Waals surface area contributed by atoms with Crippen molar-refractivity contribution in [3.8, 4) is 5.75 Å². The van der Waals surface area contributed by atoms with Crippen molar-refractivity contribution in [3.05, 3.63) is 28.8 Å². The van der Waals surface area contributed by atoms with Gasteiger partial charge in [-0.15, -0.1) is 0 Å². The lowest BCUT2D eigenvalue weighted by atomic mass is 10.1. The molecule has 1 N–H and O–H groups in total. The molecule has 3 nitrogen and oxygen atoms in total. The number of hydrogen-bond acceptors (Lipinski definition) is 3. The third kappa shape index (κ3) is 4.10. The first-order chi connectivity index (χ1) is 9.22. The van der Waals surface area contributed by atoms with Crippen molar-refractivity contribution >= 4 is 11.6 Å². The van der Waals surface area contributed by atoms with Gasteiger partial charge in [0.25, 0.3) is 0 Å². The Kier molecular flexibility index (Phi) is 5.49. The van der Waals surface area contributed by atoms with Crippen molar-refractivity contribution in [1.29, 1.82) is 0 Å². The summed E-state index contributed by atoms with van der Waals surface area (Å²) in [6, 6.07) is 6.45. The number of piperazine rings is 1. The van der Waals surface area contributed by atoms with Crippen LogP contribution in [0, 0.1) is 0 Å². The van der Waals surface area contributed by atoms with Crippen LogP contribution in [0.2, 0.25) is 5.02 Å². The predicted molar refractivity (Wildman–Crippen MR) is 80.0 cm³/mol. The van der Waals surface area contributed by atoms with E-state index in [0.717, 1.165) is 37.0 Å². The van der Waals surface area contributed by atoms with E-state index >= 15 is 0 Å². The Bertz CT molecular complexity index is 409. The molecule has 0 saturated carbocycles. The highest BCUT2D eigenvalue weighted by Gasteiger charge is 2.19. The van der Waals surface area contributed by atoms with Crippen molar-refractivity contribution in [2.45, 2.75) is 32.4 Å². The maximum atomic E-state index is 6.08. The Labute approximate surface area is 120 Å². The molecule has 1 heterocycles. The number of nitrogens with one attached hydrogen (secondary N) is 1. The monoisotopic (exact) mass is 282 g/mol. The van der Waals surface area contributed by atoms with Gasteiger partial charge in [-0.2, -0.15) is 0 Å². The second-order valence-electron chi connectivity index (χ2n) is 5.13. The van der Waals surface area contributed by atoms with E-state index in [1.165, 1.54) is 18.4 Å². The molecule has 2 rings (SSSR count). The van der Waals surface area contributed by atoms with Gasteiger partial charge in [0.05, 0.1) is 7.11 Å². The predicted octanol–water partition coefficient (Wildman–Crippen LogP) is 2.92. The van der Waals surface area contributed by atoms with Crippen LogP contribution in [0.4, 0.5) is 0 Å². The van der Waals surface area contributed by atoms with Crippen LogP contribution >= 0.6 is 11.6 Å². The van der Waals surface area contributed by atoms with Crippen LogP contribution in [0.5, 0.6) is 5.75 Å². The molecule has 0 spiro atoms. The van der Waals surface area contributed by atoms with E-state index in [1.807, 2.05) is 18.2 Å². The molecule has 0 bridgehead atoms. The lowest BCUT2D eigenvalue weighted by molar-refractivity contribution is 0.185. The van der Waals surface area contributed by atoms with Crippen LogP contribution in [0.1, 0.15) is 25.3 Å². The summed E-state index contributed by atoms with van der Waals surface area (Å²) >= 11 is 6.08. The Balaban J connectivity index is 2.01. The molecule has 0 amide bonds. The van der Waals surface area contributed by atoms with E-state index in [4.69, 9.17) is 16.3 Å². The zero-order valence-electron chi connectivity index (χ0n) is 11.8. The topological polar surface area (TPSA) is 24.5 Å². The Morgan fingerprint density at radius 1 is 1.47 bits per heavy atom. The van der Waals surface area contributed by atoms with Crippen LogP contribution < -0.4 is 10.1 Å². The first kappa shape index (κ1) is 14.6. The van der Waals surface area contributed by atoms with Crippen molar-refractivity contribution in [3.63, 3.8) is 0 Å². The second-order valence-corrected chi connectivity index (χ2v) is 5.57. The van der Waals surface area contributed by atoms with Crippen LogP contribution in [-0.4, -0.2) is 37.7 Å². The molecular weight excluding hydrogens is 260 g/mol. The van der Waals surface area contributed by atoms with Crippen LogP contribution in [0.3, 0.4) is 0 Å². The van der Waals surface area contributed by atoms with Gasteiger partial charge in [0.2, 0.25) is 0 Å². The number of nitrogens with zero attached hydrogens (tertiary/aromatic N) is 1. The fourth-order valence-electron chi connectivity index (χ4n) is 2.69. The third-order valence-corrected chi connectivity index (χ3v) is 3.85. The second kappa shape index (κ2) is 7.13. The Morgan fingerprint density at radius 3 is 3.05 bits per heavy atom. The number of rotatable bonds is 5. The molecule has 0 radical (unpaired) electrons. The fraction of sp³-hybridized carbons (Fsp3) is 0.600. The van der Waals surface area contributed by atoms with Crippen LogP contribution in [0.25, 0.3) is 0 Å². The molecule has 1 aliphatic rings. The van der Waals surface area contributed by atoms with E-state index in [9.17, 15) is 0 Å². The first-order valence-corrected chi connectivity index (χ1v) is 7.39. The quantitative estimate of drug-likeness (QED) is 0.899. The molecule has 1 saturated heterocycles. The normalized spacial score (nSPS) is 20.5. The van der Waals surface area contributed by atoms with Gasteiger partial charge >= 0.3 is 0 Å². The molecule has 19 heavy (non-hydrogen) atoms. The number of hydrogen-bond donors (Lipinski definition) is 1. The van der Waals surface area contributed by atoms with Crippen molar-refractivity contribution < 1.29 is 4.74 Å². The average Bonchev–Trinajstić information content (AvgIpc) is 2.40. The highest BCUT2D eigenvalue weighted by molar-refractivity contribution is 6.30. The number of ether oxygens (including phenoxy) is 1. The van der Waals surface area contributed by atoms with E-state index in [0.29, 0.717) is 6.04 Å². The maximum Gasteiger partial charge on any atom is 0.123 e. The number of benzene rings is 1. The highest BCUT2D eigenvalue weighted by atomic mass is 35.5. The van der Waals surface area contributed by atoms with Crippen molar-refractivity contribution in [2.75, 3.05) is 26.7 Å². The summed E-state index contributed by atoms with van der Waals surface area (Å²) in [5.41, 5.74) is 1.17. The first-order valence-electron chi connectivity index (χ1n) is 7.01.